The number of aromatic hydroxyl groups is 1. The highest BCUT2D eigenvalue weighted by atomic mass is 16.5. The molecule has 10 heteroatoms. The van der Waals surface area contributed by atoms with Gasteiger partial charge in [-0.1, -0.05) is 66.2 Å². The Kier molecular flexibility index (Phi) is 11.4. The molecule has 10 nitrogen and oxygen atoms in total. The Morgan fingerprint density at radius 3 is 2.18 bits per heavy atom. The number of carbonyl (C=O) groups excluding carboxylic acids is 1. The summed E-state index contributed by atoms with van der Waals surface area (Å²) in [7, 11) is 1.56. The Morgan fingerprint density at radius 1 is 0.800 bits per heavy atom. The van der Waals surface area contributed by atoms with Gasteiger partial charge in [-0.25, -0.2) is 0 Å². The highest BCUT2D eigenvalue weighted by Gasteiger charge is 2.71. The van der Waals surface area contributed by atoms with Crippen molar-refractivity contribution in [2.75, 3.05) is 7.11 Å². The zero-order valence-electron chi connectivity index (χ0n) is 41.1. The summed E-state index contributed by atoms with van der Waals surface area (Å²) >= 11 is 0. The molecule has 0 aromatic heterocycles. The summed E-state index contributed by atoms with van der Waals surface area (Å²) in [6, 6.07) is 6.72. The number of carboxylic acid groups (broad SMARTS) is 1. The van der Waals surface area contributed by atoms with Gasteiger partial charge in [-0.05, 0) is 160 Å². The number of carbonyl (C=O) groups is 2. The highest BCUT2D eigenvalue weighted by Crippen LogP contribution is 2.75. The van der Waals surface area contributed by atoms with E-state index in [4.69, 9.17) is 14.2 Å². The van der Waals surface area contributed by atoms with Crippen molar-refractivity contribution in [3.8, 4) is 23.0 Å². The molecule has 0 spiro atoms. The second kappa shape index (κ2) is 15.6. The standard InChI is InChI=1S/C30H48O4.C25H28O6/c1-25(2)14-15-30(24(33)34)19(16-25)18-8-9-21-27(5)12-11-22(31)26(3,4)20(27)10-13-28(21,6)29(18,7)17-23(30)32;1-24(2)9-8-16-20(30-24)7-6-14(23(16)29-5)11-18(26)17-10-15-12-22(28)25(3,4)31-21(15)13-19(17)27/h8,19-23,31-32H,9-17H2,1-7H3,(H,33,34);6-10,13,22,27-28H,11-12H2,1-5H3. The first kappa shape index (κ1) is 47.6. The van der Waals surface area contributed by atoms with Gasteiger partial charge in [0.25, 0.3) is 0 Å². The molecule has 356 valence electrons. The number of fused-ring (bicyclic) bond motifs is 9. The molecule has 7 aliphatic rings. The summed E-state index contributed by atoms with van der Waals surface area (Å²) < 4.78 is 17.4. The number of hydrogen-bond donors (Lipinski definition) is 5. The summed E-state index contributed by atoms with van der Waals surface area (Å²) in [6.07, 6.45) is 12.9. The van der Waals surface area contributed by atoms with Crippen LogP contribution in [0.5, 0.6) is 23.0 Å². The van der Waals surface area contributed by atoms with Crippen LogP contribution in [0.4, 0.5) is 0 Å². The first-order chi connectivity index (χ1) is 30.1. The van der Waals surface area contributed by atoms with E-state index in [-0.39, 0.29) is 62.6 Å². The van der Waals surface area contributed by atoms with Gasteiger partial charge in [0.1, 0.15) is 39.6 Å². The number of methoxy groups -OCH3 is 1. The molecule has 0 amide bonds. The van der Waals surface area contributed by atoms with Crippen LogP contribution in [0.3, 0.4) is 0 Å². The van der Waals surface area contributed by atoms with Crippen molar-refractivity contribution in [1.82, 2.24) is 0 Å². The summed E-state index contributed by atoms with van der Waals surface area (Å²) in [5.74, 6) is 1.46. The normalized spacial score (nSPS) is 37.6. The minimum Gasteiger partial charge on any atom is -0.507 e. The first-order valence-corrected chi connectivity index (χ1v) is 24.2. The van der Waals surface area contributed by atoms with Crippen molar-refractivity contribution in [2.45, 2.75) is 176 Å². The molecule has 5 aliphatic carbocycles. The smallest absolute Gasteiger partial charge is 0.312 e. The number of allylic oxidation sites excluding steroid dienone is 2. The van der Waals surface area contributed by atoms with Crippen LogP contribution < -0.4 is 14.2 Å². The summed E-state index contributed by atoms with van der Waals surface area (Å²) in [6.45, 7) is 23.9. The average Bonchev–Trinajstić information content (AvgIpc) is 3.19. The van der Waals surface area contributed by atoms with E-state index in [1.807, 2.05) is 38.1 Å². The number of aliphatic hydroxyl groups is 3. The predicted molar refractivity (Wildman–Crippen MR) is 251 cm³/mol. The van der Waals surface area contributed by atoms with Crippen LogP contribution in [-0.2, 0) is 17.6 Å². The van der Waals surface area contributed by atoms with Gasteiger partial charge < -0.3 is 39.7 Å². The second-order valence-corrected chi connectivity index (χ2v) is 24.4. The van der Waals surface area contributed by atoms with E-state index in [1.54, 1.807) is 27.0 Å². The van der Waals surface area contributed by atoms with E-state index >= 15 is 0 Å². The Morgan fingerprint density at radius 2 is 1.51 bits per heavy atom. The third-order valence-electron chi connectivity index (χ3n) is 18.9. The van der Waals surface area contributed by atoms with Crippen molar-refractivity contribution in [3.63, 3.8) is 0 Å². The van der Waals surface area contributed by atoms with Gasteiger partial charge in [0.2, 0.25) is 0 Å². The first-order valence-electron chi connectivity index (χ1n) is 24.2. The maximum atomic E-state index is 13.1. The van der Waals surface area contributed by atoms with E-state index in [9.17, 15) is 35.1 Å². The predicted octanol–water partition coefficient (Wildman–Crippen LogP) is 10.3. The molecule has 10 atom stereocenters. The maximum absolute atomic E-state index is 13.1. The van der Waals surface area contributed by atoms with Crippen LogP contribution >= 0.6 is 0 Å². The van der Waals surface area contributed by atoms with E-state index in [0.29, 0.717) is 59.5 Å². The van der Waals surface area contributed by atoms with Gasteiger partial charge in [0.05, 0.1) is 36.5 Å². The number of benzene rings is 2. The summed E-state index contributed by atoms with van der Waals surface area (Å²) in [4.78, 5) is 25.9. The molecule has 2 aromatic carbocycles. The lowest BCUT2D eigenvalue weighted by molar-refractivity contribution is -0.218. The highest BCUT2D eigenvalue weighted by molar-refractivity contribution is 6.01. The number of phenolic OH excluding ortho intramolecular Hbond substituents is 1. The molecule has 0 bridgehead atoms. The van der Waals surface area contributed by atoms with Crippen LogP contribution in [0.1, 0.15) is 161 Å². The zero-order chi connectivity index (χ0) is 47.7. The third kappa shape index (κ3) is 7.36. The van der Waals surface area contributed by atoms with E-state index in [0.717, 1.165) is 50.5 Å². The Bertz CT molecular complexity index is 2320. The lowest BCUT2D eigenvalue weighted by atomic mass is 9.33. The molecule has 9 rings (SSSR count). The number of ketones is 1. The van der Waals surface area contributed by atoms with Gasteiger partial charge in [-0.3, -0.25) is 9.59 Å². The summed E-state index contributed by atoms with van der Waals surface area (Å²) in [5.41, 5.74) is 1.51. The molecule has 4 saturated carbocycles. The number of Topliss-reactive ketones (excluding diaryl/α,β-unsaturated/α-hetero) is 1. The SMILES string of the molecule is CC1(C)CCC2(C(=O)O)C(O)CC3(C)C(=CCC4C5(C)CCC(O)C(C)(C)C5CCC43C)C2C1.COc1c(CC(=O)c2cc3c(cc2O)OC(C)(C)C(O)C3)ccc2c1C=CC(C)(C)O2. The topological polar surface area (TPSA) is 163 Å². The van der Waals surface area contributed by atoms with E-state index in [2.05, 4.69) is 54.5 Å². The largest absolute Gasteiger partial charge is 0.507 e. The van der Waals surface area contributed by atoms with Gasteiger partial charge in [0.15, 0.2) is 5.78 Å². The van der Waals surface area contributed by atoms with Crippen LogP contribution in [-0.4, -0.2) is 73.9 Å². The van der Waals surface area contributed by atoms with Gasteiger partial charge in [-0.15, -0.1) is 0 Å². The molecule has 0 saturated heterocycles. The fourth-order valence-electron chi connectivity index (χ4n) is 14.7. The molecule has 10 unspecified atom stereocenters. The number of phenols is 1. The lowest BCUT2D eigenvalue weighted by Crippen LogP contribution is -2.67. The fraction of sp³-hybridized carbons (Fsp3) is 0.673. The molecule has 2 heterocycles. The van der Waals surface area contributed by atoms with Crippen LogP contribution in [0, 0.1) is 50.2 Å². The molecule has 2 aromatic rings. The fourth-order valence-corrected chi connectivity index (χ4v) is 14.7. The Hall–Kier alpha value is -3.86. The number of aliphatic hydroxyl groups excluding tert-OH is 3. The molecule has 0 radical (unpaired) electrons. The minimum atomic E-state index is -1.04. The van der Waals surface area contributed by atoms with Crippen molar-refractivity contribution >= 4 is 17.8 Å². The van der Waals surface area contributed by atoms with Crippen molar-refractivity contribution in [1.29, 1.82) is 0 Å². The van der Waals surface area contributed by atoms with Crippen molar-refractivity contribution < 1.29 is 49.3 Å². The monoisotopic (exact) mass is 897 g/mol. The Labute approximate surface area is 386 Å². The molecular weight excluding hydrogens is 821 g/mol. The molecule has 2 aliphatic heterocycles. The lowest BCUT2D eigenvalue weighted by Gasteiger charge is -2.71. The third-order valence-corrected chi connectivity index (χ3v) is 18.9. The molecule has 65 heavy (non-hydrogen) atoms. The number of hydrogen-bond acceptors (Lipinski definition) is 9. The van der Waals surface area contributed by atoms with E-state index in [1.165, 1.54) is 11.6 Å². The van der Waals surface area contributed by atoms with Crippen molar-refractivity contribution in [3.05, 3.63) is 64.2 Å². The van der Waals surface area contributed by atoms with Gasteiger partial charge in [-0.2, -0.15) is 0 Å². The van der Waals surface area contributed by atoms with Gasteiger partial charge >= 0.3 is 5.97 Å². The van der Waals surface area contributed by atoms with Crippen LogP contribution in [0.25, 0.3) is 6.08 Å². The number of carboxylic acids is 1. The summed E-state index contributed by atoms with van der Waals surface area (Å²) in [5, 5.41) is 53.9. The average molecular weight is 897 g/mol. The Balaban J connectivity index is 0.000000178. The second-order valence-electron chi connectivity index (χ2n) is 24.4. The number of ether oxygens (including phenoxy) is 3. The maximum Gasteiger partial charge on any atom is 0.312 e. The quantitative estimate of drug-likeness (QED) is 0.144. The van der Waals surface area contributed by atoms with Gasteiger partial charge in [0, 0.05) is 24.5 Å². The van der Waals surface area contributed by atoms with Crippen LogP contribution in [0.15, 0.2) is 42.0 Å². The molecule has 4 fully saturated rings. The number of rotatable bonds is 5. The zero-order valence-corrected chi connectivity index (χ0v) is 41.1. The number of aliphatic carboxylic acids is 1. The van der Waals surface area contributed by atoms with E-state index < -0.39 is 34.8 Å². The van der Waals surface area contributed by atoms with Crippen molar-refractivity contribution in [2.24, 2.45) is 50.2 Å². The minimum absolute atomic E-state index is 0.0218. The van der Waals surface area contributed by atoms with Crippen LogP contribution in [0.2, 0.25) is 0 Å². The molecular formula is C55H76O10. The molecule has 5 N–H and O–H groups in total.